The molecular weight excluding hydrogens is 464 g/mol. The molecule has 1 saturated heterocycles. The van der Waals surface area contributed by atoms with Crippen LogP contribution in [-0.4, -0.2) is 67.6 Å². The summed E-state index contributed by atoms with van der Waals surface area (Å²) in [5, 5.41) is 0. The minimum Gasteiger partial charge on any atom is -0.494 e. The third-order valence-electron chi connectivity index (χ3n) is 7.33. The van der Waals surface area contributed by atoms with Crippen LogP contribution < -0.4 is 4.74 Å². The first-order chi connectivity index (χ1) is 17.9. The van der Waals surface area contributed by atoms with E-state index in [1.165, 1.54) is 44.9 Å². The van der Waals surface area contributed by atoms with Crippen LogP contribution in [0.5, 0.6) is 5.75 Å². The van der Waals surface area contributed by atoms with Gasteiger partial charge < -0.3 is 14.4 Å². The van der Waals surface area contributed by atoms with E-state index in [0.717, 1.165) is 43.9 Å². The summed E-state index contributed by atoms with van der Waals surface area (Å²) in [5.41, 5.74) is 0.556. The molecule has 0 saturated carbocycles. The van der Waals surface area contributed by atoms with E-state index in [2.05, 4.69) is 11.8 Å². The second-order valence-electron chi connectivity index (χ2n) is 10.8. The van der Waals surface area contributed by atoms with Crippen LogP contribution in [0.15, 0.2) is 30.3 Å². The fourth-order valence-electron chi connectivity index (χ4n) is 4.17. The van der Waals surface area contributed by atoms with Crippen molar-refractivity contribution in [1.29, 1.82) is 0 Å². The van der Waals surface area contributed by atoms with Gasteiger partial charge in [0.1, 0.15) is 12.4 Å². The van der Waals surface area contributed by atoms with E-state index in [4.69, 9.17) is 9.47 Å². The molecule has 0 atom stereocenters. The van der Waals surface area contributed by atoms with Gasteiger partial charge in [-0.05, 0) is 50.5 Å². The second kappa shape index (κ2) is 17.2. The number of piperazine rings is 1. The van der Waals surface area contributed by atoms with Gasteiger partial charge in [0.15, 0.2) is 0 Å². The van der Waals surface area contributed by atoms with Crippen LogP contribution in [0, 0.1) is 5.41 Å². The van der Waals surface area contributed by atoms with Gasteiger partial charge in [-0.1, -0.05) is 70.9 Å². The number of hydrogen-bond acceptors (Lipinski definition) is 5. The average molecular weight is 515 g/mol. The van der Waals surface area contributed by atoms with E-state index in [1.807, 2.05) is 56.0 Å². The highest BCUT2D eigenvalue weighted by molar-refractivity contribution is 5.91. The zero-order chi connectivity index (χ0) is 26.9. The molecule has 0 N–H and O–H groups in total. The highest BCUT2D eigenvalue weighted by Crippen LogP contribution is 2.21. The number of amides is 1. The first kappa shape index (κ1) is 30.9. The molecule has 0 radical (unpaired) electrons. The zero-order valence-electron chi connectivity index (χ0n) is 23.8. The van der Waals surface area contributed by atoms with Crippen LogP contribution in [0.2, 0.25) is 0 Å². The van der Waals surface area contributed by atoms with Crippen molar-refractivity contribution in [2.45, 2.75) is 85.5 Å². The number of nitrogens with zero attached hydrogens (tertiary/aromatic N) is 2. The predicted molar refractivity (Wildman–Crippen MR) is 152 cm³/mol. The van der Waals surface area contributed by atoms with Gasteiger partial charge in [0.2, 0.25) is 5.91 Å². The molecule has 1 fully saturated rings. The highest BCUT2D eigenvalue weighted by Gasteiger charge is 2.27. The Hall–Kier alpha value is -2.34. The lowest BCUT2D eigenvalue weighted by Crippen LogP contribution is -2.49. The van der Waals surface area contributed by atoms with E-state index >= 15 is 0 Å². The van der Waals surface area contributed by atoms with Crippen molar-refractivity contribution in [3.05, 3.63) is 35.9 Å². The molecule has 0 spiro atoms. The quantitative estimate of drug-likeness (QED) is 0.138. The summed E-state index contributed by atoms with van der Waals surface area (Å²) in [6.45, 7) is 12.9. The normalized spacial score (nSPS) is 14.8. The van der Waals surface area contributed by atoms with E-state index in [-0.39, 0.29) is 11.9 Å². The Morgan fingerprint density at radius 2 is 1.49 bits per heavy atom. The highest BCUT2D eigenvalue weighted by atomic mass is 16.5. The molecule has 6 nitrogen and oxygen atoms in total. The van der Waals surface area contributed by atoms with Crippen LogP contribution in [-0.2, 0) is 14.3 Å². The number of ether oxygens (including phenoxy) is 2. The molecule has 6 heteroatoms. The van der Waals surface area contributed by atoms with Crippen molar-refractivity contribution in [3.8, 4) is 5.75 Å². The van der Waals surface area contributed by atoms with Crippen molar-refractivity contribution in [2.24, 2.45) is 5.41 Å². The summed E-state index contributed by atoms with van der Waals surface area (Å²) in [6.07, 6.45) is 14.6. The third-order valence-corrected chi connectivity index (χ3v) is 7.33. The fourth-order valence-corrected chi connectivity index (χ4v) is 4.17. The lowest BCUT2D eigenvalue weighted by molar-refractivity contribution is -0.154. The molecule has 0 bridgehead atoms. The minimum atomic E-state index is -0.433. The van der Waals surface area contributed by atoms with E-state index in [9.17, 15) is 9.59 Å². The molecule has 1 aliphatic heterocycles. The van der Waals surface area contributed by atoms with E-state index in [0.29, 0.717) is 26.2 Å². The molecule has 1 aromatic carbocycles. The monoisotopic (exact) mass is 514 g/mol. The summed E-state index contributed by atoms with van der Waals surface area (Å²) in [6, 6.07) is 7.93. The lowest BCUT2D eigenvalue weighted by Gasteiger charge is -2.34. The van der Waals surface area contributed by atoms with Gasteiger partial charge in [-0.2, -0.15) is 0 Å². The fraction of sp³-hybridized carbons (Fsp3) is 0.677. The van der Waals surface area contributed by atoms with Crippen molar-refractivity contribution in [1.82, 2.24) is 9.80 Å². The van der Waals surface area contributed by atoms with Crippen LogP contribution in [0.4, 0.5) is 0 Å². The van der Waals surface area contributed by atoms with Crippen molar-refractivity contribution >= 4 is 18.0 Å². The summed E-state index contributed by atoms with van der Waals surface area (Å²) >= 11 is 0. The zero-order valence-corrected chi connectivity index (χ0v) is 23.8. The van der Waals surface area contributed by atoms with Gasteiger partial charge in [0.25, 0.3) is 0 Å². The molecule has 0 aliphatic carbocycles. The Labute approximate surface area is 225 Å². The SMILES string of the molecule is CCCCCCCCCCOc1ccc(/C=C/C(=O)N2CCN(CCOC(=O)C(C)(C)CC)CC2)cc1. The van der Waals surface area contributed by atoms with Crippen molar-refractivity contribution < 1.29 is 19.1 Å². The Balaban J connectivity index is 1.60. The first-order valence-corrected chi connectivity index (χ1v) is 14.4. The minimum absolute atomic E-state index is 0.0331. The molecule has 0 unspecified atom stereocenters. The smallest absolute Gasteiger partial charge is 0.311 e. The Morgan fingerprint density at radius 3 is 2.11 bits per heavy atom. The van der Waals surface area contributed by atoms with Crippen molar-refractivity contribution in [2.75, 3.05) is 45.9 Å². The maximum atomic E-state index is 12.6. The molecule has 1 amide bonds. The number of esters is 1. The van der Waals surface area contributed by atoms with Gasteiger partial charge in [-0.3, -0.25) is 14.5 Å². The molecule has 1 aromatic rings. The summed E-state index contributed by atoms with van der Waals surface area (Å²) < 4.78 is 11.3. The summed E-state index contributed by atoms with van der Waals surface area (Å²) in [4.78, 5) is 28.8. The number of benzene rings is 1. The molecule has 37 heavy (non-hydrogen) atoms. The van der Waals surface area contributed by atoms with Crippen LogP contribution in [0.25, 0.3) is 6.08 Å². The summed E-state index contributed by atoms with van der Waals surface area (Å²) in [7, 11) is 0. The largest absolute Gasteiger partial charge is 0.494 e. The van der Waals surface area contributed by atoms with Crippen LogP contribution >= 0.6 is 0 Å². The third kappa shape index (κ3) is 12.2. The average Bonchev–Trinajstić information content (AvgIpc) is 2.91. The Morgan fingerprint density at radius 1 is 0.865 bits per heavy atom. The number of rotatable bonds is 17. The standard InChI is InChI=1S/C31H50N2O4/c1-5-7-8-9-10-11-12-13-25-36-28-17-14-27(15-18-28)16-19-29(34)33-22-20-32(21-23-33)24-26-37-30(35)31(3,4)6-2/h14-19H,5-13,20-26H2,1-4H3/b19-16+. The Kier molecular flexibility index (Phi) is 14.4. The molecule has 1 aliphatic rings. The van der Waals surface area contributed by atoms with Gasteiger partial charge in [0.05, 0.1) is 12.0 Å². The summed E-state index contributed by atoms with van der Waals surface area (Å²) in [5.74, 6) is 0.773. The maximum Gasteiger partial charge on any atom is 0.311 e. The molecule has 1 heterocycles. The number of unbranched alkanes of at least 4 members (excludes halogenated alkanes) is 7. The molecule has 208 valence electrons. The number of hydrogen-bond donors (Lipinski definition) is 0. The second-order valence-corrected chi connectivity index (χ2v) is 10.8. The molecule has 0 aromatic heterocycles. The van der Waals surface area contributed by atoms with E-state index < -0.39 is 5.41 Å². The van der Waals surface area contributed by atoms with Crippen molar-refractivity contribution in [3.63, 3.8) is 0 Å². The molecule has 2 rings (SSSR count). The van der Waals surface area contributed by atoms with Gasteiger partial charge in [0, 0.05) is 38.8 Å². The van der Waals surface area contributed by atoms with Crippen LogP contribution in [0.1, 0.15) is 91.0 Å². The Bertz CT molecular complexity index is 811. The molecular formula is C31H50N2O4. The van der Waals surface area contributed by atoms with Gasteiger partial charge >= 0.3 is 5.97 Å². The number of carbonyl (C=O) groups excluding carboxylic acids is 2. The van der Waals surface area contributed by atoms with Crippen LogP contribution in [0.3, 0.4) is 0 Å². The lowest BCUT2D eigenvalue weighted by atomic mass is 9.91. The van der Waals surface area contributed by atoms with Gasteiger partial charge in [-0.25, -0.2) is 0 Å². The predicted octanol–water partition coefficient (Wildman–Crippen LogP) is 6.34. The maximum absolute atomic E-state index is 12.6. The number of carbonyl (C=O) groups is 2. The van der Waals surface area contributed by atoms with Gasteiger partial charge in [-0.15, -0.1) is 0 Å². The topological polar surface area (TPSA) is 59.1 Å². The first-order valence-electron chi connectivity index (χ1n) is 14.4. The van der Waals surface area contributed by atoms with E-state index in [1.54, 1.807) is 6.08 Å².